The molecule has 4 rings (SSSR count). The molecule has 2 heterocycles. The Morgan fingerprint density at radius 2 is 1.56 bits per heavy atom. The van der Waals surface area contributed by atoms with Gasteiger partial charge in [0.1, 0.15) is 0 Å². The molecule has 3 aromatic rings. The lowest BCUT2D eigenvalue weighted by molar-refractivity contribution is -0.167. The highest BCUT2D eigenvalue weighted by molar-refractivity contribution is 6.20. The zero-order chi connectivity index (χ0) is 19.0. The summed E-state index contributed by atoms with van der Waals surface area (Å²) in [5.41, 5.74) is 2.30. The summed E-state index contributed by atoms with van der Waals surface area (Å²) in [5, 5.41) is 8.54. The Morgan fingerprint density at radius 3 is 2.19 bits per heavy atom. The summed E-state index contributed by atoms with van der Waals surface area (Å²) in [4.78, 5) is 41.8. The maximum Gasteiger partial charge on any atom is 0.339 e. The van der Waals surface area contributed by atoms with Gasteiger partial charge >= 0.3 is 5.97 Å². The third kappa shape index (κ3) is 2.86. The number of rotatable bonds is 4. The second kappa shape index (κ2) is 6.49. The van der Waals surface area contributed by atoms with Crippen molar-refractivity contribution in [2.45, 2.75) is 13.3 Å². The van der Waals surface area contributed by atoms with E-state index in [9.17, 15) is 14.4 Å². The molecule has 2 aromatic carbocycles. The highest BCUT2D eigenvalue weighted by atomic mass is 16.7. The molecule has 1 aliphatic rings. The predicted octanol–water partition coefficient (Wildman–Crippen LogP) is 1.87. The Hall–Kier alpha value is -3.81. The van der Waals surface area contributed by atoms with Crippen LogP contribution in [-0.4, -0.2) is 37.8 Å². The lowest BCUT2D eigenvalue weighted by Gasteiger charge is -2.12. The van der Waals surface area contributed by atoms with Crippen molar-refractivity contribution in [3.8, 4) is 5.69 Å². The fourth-order valence-corrected chi connectivity index (χ4v) is 2.86. The molecule has 0 bridgehead atoms. The highest BCUT2D eigenvalue weighted by Gasteiger charge is 2.38. The average molecular weight is 362 g/mol. The lowest BCUT2D eigenvalue weighted by atomic mass is 10.1. The number of carbonyl (C=O) groups excluding carboxylic acids is 3. The number of fused-ring (bicyclic) bond motifs is 1. The molecule has 0 aliphatic carbocycles. The Balaban J connectivity index is 1.49. The van der Waals surface area contributed by atoms with Gasteiger partial charge in [0, 0.05) is 0 Å². The van der Waals surface area contributed by atoms with Crippen LogP contribution in [0, 0.1) is 6.92 Å². The zero-order valence-corrected chi connectivity index (χ0v) is 14.3. The summed E-state index contributed by atoms with van der Waals surface area (Å²) in [6.45, 7) is 1.78. The van der Waals surface area contributed by atoms with Gasteiger partial charge in [-0.3, -0.25) is 9.59 Å². The van der Waals surface area contributed by atoms with Gasteiger partial charge in [0.2, 0.25) is 0 Å². The van der Waals surface area contributed by atoms with E-state index in [0.717, 1.165) is 5.69 Å². The summed E-state index contributed by atoms with van der Waals surface area (Å²) in [6.07, 6.45) is -0.216. The molecule has 8 heteroatoms. The second-order valence-electron chi connectivity index (χ2n) is 5.96. The first-order chi connectivity index (χ1) is 13.1. The van der Waals surface area contributed by atoms with Crippen LogP contribution in [0.4, 0.5) is 0 Å². The van der Waals surface area contributed by atoms with E-state index in [1.807, 2.05) is 30.3 Å². The summed E-state index contributed by atoms with van der Waals surface area (Å²) < 4.78 is 1.60. The van der Waals surface area contributed by atoms with Crippen LogP contribution in [0.1, 0.15) is 32.1 Å². The molecule has 8 nitrogen and oxygen atoms in total. The van der Waals surface area contributed by atoms with E-state index < -0.39 is 17.8 Å². The van der Waals surface area contributed by atoms with Gasteiger partial charge in [0.25, 0.3) is 11.8 Å². The predicted molar refractivity (Wildman–Crippen MR) is 92.8 cm³/mol. The van der Waals surface area contributed by atoms with Crippen molar-refractivity contribution >= 4 is 17.8 Å². The van der Waals surface area contributed by atoms with Crippen LogP contribution >= 0.6 is 0 Å². The second-order valence-corrected chi connectivity index (χ2v) is 5.96. The van der Waals surface area contributed by atoms with E-state index in [1.165, 1.54) is 12.1 Å². The zero-order valence-electron chi connectivity index (χ0n) is 14.3. The molecular weight excluding hydrogens is 348 g/mol. The third-order valence-corrected chi connectivity index (χ3v) is 4.25. The van der Waals surface area contributed by atoms with Crippen LogP contribution in [0.25, 0.3) is 5.69 Å². The normalized spacial score (nSPS) is 13.0. The fraction of sp³-hybridized carbons (Fsp3) is 0.105. The molecule has 0 spiro atoms. The monoisotopic (exact) mass is 362 g/mol. The molecule has 0 N–H and O–H groups in total. The lowest BCUT2D eigenvalue weighted by Crippen LogP contribution is -2.33. The number of aromatic nitrogens is 3. The van der Waals surface area contributed by atoms with Crippen molar-refractivity contribution in [2.24, 2.45) is 0 Å². The molecule has 0 saturated heterocycles. The maximum absolute atomic E-state index is 12.3. The highest BCUT2D eigenvalue weighted by Crippen LogP contribution is 2.23. The van der Waals surface area contributed by atoms with Gasteiger partial charge in [-0.15, -0.1) is 5.10 Å². The average Bonchev–Trinajstić information content (AvgIpc) is 3.16. The molecule has 0 saturated carbocycles. The molecule has 0 fully saturated rings. The number of nitrogens with zero attached hydrogens (tertiary/aromatic N) is 4. The van der Waals surface area contributed by atoms with Gasteiger partial charge < -0.3 is 4.84 Å². The van der Waals surface area contributed by atoms with Crippen molar-refractivity contribution in [3.05, 3.63) is 77.1 Å². The minimum absolute atomic E-state index is 0.210. The summed E-state index contributed by atoms with van der Waals surface area (Å²) >= 11 is 0. The van der Waals surface area contributed by atoms with Gasteiger partial charge in [0.05, 0.1) is 34.6 Å². The standard InChI is InChI=1S/C19H14N4O4/c1-12-16(20-21-22(12)13-7-3-2-4-8-13)11-17(24)27-23-18(25)14-9-5-6-10-15(14)19(23)26/h2-10H,11H2,1H3. The maximum atomic E-state index is 12.3. The van der Waals surface area contributed by atoms with E-state index in [0.29, 0.717) is 16.5 Å². The van der Waals surface area contributed by atoms with Crippen LogP contribution in [-0.2, 0) is 16.1 Å². The molecule has 27 heavy (non-hydrogen) atoms. The van der Waals surface area contributed by atoms with E-state index in [4.69, 9.17) is 4.84 Å². The van der Waals surface area contributed by atoms with Crippen molar-refractivity contribution in [3.63, 3.8) is 0 Å². The number of imide groups is 1. The number of hydrogen-bond acceptors (Lipinski definition) is 6. The molecule has 0 atom stereocenters. The van der Waals surface area contributed by atoms with Crippen molar-refractivity contribution < 1.29 is 19.2 Å². The molecule has 1 aromatic heterocycles. The van der Waals surface area contributed by atoms with Crippen LogP contribution in [0.3, 0.4) is 0 Å². The van der Waals surface area contributed by atoms with Gasteiger partial charge in [-0.05, 0) is 31.2 Å². The van der Waals surface area contributed by atoms with E-state index in [1.54, 1.807) is 23.7 Å². The number of para-hydroxylation sites is 1. The van der Waals surface area contributed by atoms with Gasteiger partial charge in [0.15, 0.2) is 0 Å². The Labute approximate surface area is 153 Å². The number of carbonyl (C=O) groups is 3. The molecular formula is C19H14N4O4. The summed E-state index contributed by atoms with van der Waals surface area (Å²) in [6, 6.07) is 15.7. The number of amides is 2. The Morgan fingerprint density at radius 1 is 0.963 bits per heavy atom. The third-order valence-electron chi connectivity index (χ3n) is 4.25. The van der Waals surface area contributed by atoms with E-state index in [2.05, 4.69) is 10.3 Å². The number of benzene rings is 2. The minimum atomic E-state index is -0.771. The van der Waals surface area contributed by atoms with Crippen molar-refractivity contribution in [1.82, 2.24) is 20.1 Å². The van der Waals surface area contributed by atoms with Crippen LogP contribution in [0.5, 0.6) is 0 Å². The van der Waals surface area contributed by atoms with Crippen LogP contribution in [0.2, 0.25) is 0 Å². The van der Waals surface area contributed by atoms with Gasteiger partial charge in [-0.25, -0.2) is 9.48 Å². The first-order valence-electron chi connectivity index (χ1n) is 8.21. The van der Waals surface area contributed by atoms with Crippen LogP contribution < -0.4 is 0 Å². The molecule has 134 valence electrons. The van der Waals surface area contributed by atoms with Gasteiger partial charge in [-0.2, -0.15) is 0 Å². The number of hydrogen-bond donors (Lipinski definition) is 0. The topological polar surface area (TPSA) is 94.4 Å². The first kappa shape index (κ1) is 16.6. The SMILES string of the molecule is Cc1c(CC(=O)ON2C(=O)c3ccccc3C2=O)nnn1-c1ccccc1. The largest absolute Gasteiger partial charge is 0.339 e. The quantitative estimate of drug-likeness (QED) is 0.658. The van der Waals surface area contributed by atoms with E-state index in [-0.39, 0.29) is 17.5 Å². The molecule has 0 radical (unpaired) electrons. The summed E-state index contributed by atoms with van der Waals surface area (Å²) in [5.74, 6) is -2.09. The Bertz CT molecular complexity index is 1020. The molecule has 0 unspecified atom stereocenters. The smallest absolute Gasteiger partial charge is 0.329 e. The fourth-order valence-electron chi connectivity index (χ4n) is 2.86. The van der Waals surface area contributed by atoms with E-state index >= 15 is 0 Å². The number of hydroxylamine groups is 2. The van der Waals surface area contributed by atoms with Crippen molar-refractivity contribution in [2.75, 3.05) is 0 Å². The first-order valence-corrected chi connectivity index (χ1v) is 8.21. The van der Waals surface area contributed by atoms with Crippen LogP contribution in [0.15, 0.2) is 54.6 Å². The minimum Gasteiger partial charge on any atom is -0.329 e. The van der Waals surface area contributed by atoms with Gasteiger partial charge in [-0.1, -0.05) is 40.6 Å². The molecule has 2 amide bonds. The molecule has 1 aliphatic heterocycles. The van der Waals surface area contributed by atoms with Crippen molar-refractivity contribution in [1.29, 1.82) is 0 Å². The Kier molecular flexibility index (Phi) is 4.00. The summed E-state index contributed by atoms with van der Waals surface area (Å²) in [7, 11) is 0.